The van der Waals surface area contributed by atoms with Gasteiger partial charge >= 0.3 is 0 Å². The largest absolute Gasteiger partial charge is 0.455 e. The van der Waals surface area contributed by atoms with Crippen molar-refractivity contribution in [3.63, 3.8) is 0 Å². The zero-order chi connectivity index (χ0) is 36.7. The molecule has 0 saturated carbocycles. The third-order valence-corrected chi connectivity index (χ3v) is 8.36. The van der Waals surface area contributed by atoms with Crippen molar-refractivity contribution >= 4 is 43.5 Å². The van der Waals surface area contributed by atoms with E-state index in [0.717, 1.165) is 37.9 Å². The van der Waals surface area contributed by atoms with Crippen molar-refractivity contribution < 1.29 is 16.8 Å². The number of hydrogen-bond donors (Lipinski definition) is 0. The molecule has 43 heavy (non-hydrogen) atoms. The van der Waals surface area contributed by atoms with Gasteiger partial charge in [0.25, 0.3) is 0 Å². The summed E-state index contributed by atoms with van der Waals surface area (Å²) in [5, 5.41) is 5.84. The smallest absolute Gasteiger partial charge is 0.144 e. The molecule has 6 aromatic carbocycles. The minimum Gasteiger partial charge on any atom is -0.455 e. The summed E-state index contributed by atoms with van der Waals surface area (Å²) in [6.07, 6.45) is 1.23. The van der Waals surface area contributed by atoms with Crippen molar-refractivity contribution in [1.82, 2.24) is 4.98 Å². The summed E-state index contributed by atoms with van der Waals surface area (Å²) >= 11 is 0. The molecule has 0 spiro atoms. The van der Waals surface area contributed by atoms with Gasteiger partial charge in [-0.3, -0.25) is 4.98 Å². The Bertz CT molecular complexity index is 2700. The van der Waals surface area contributed by atoms with E-state index in [2.05, 4.69) is 35.3 Å². The molecule has 0 atom stereocenters. The van der Waals surface area contributed by atoms with Crippen molar-refractivity contribution in [3.8, 4) is 33.5 Å². The van der Waals surface area contributed by atoms with E-state index in [4.69, 9.17) is 16.8 Å². The molecule has 2 nitrogen and oxygen atoms in total. The molecule has 0 aliphatic carbocycles. The molecule has 0 fully saturated rings. The number of furan rings is 1. The van der Waals surface area contributed by atoms with Gasteiger partial charge in [-0.1, -0.05) is 96.6 Å². The molecule has 8 aromatic rings. The maximum Gasteiger partial charge on any atom is 0.144 e. The minimum atomic E-state index is -2.72. The Morgan fingerprint density at radius 1 is 0.558 bits per heavy atom. The van der Waals surface area contributed by atoms with E-state index in [1.54, 1.807) is 12.1 Å². The lowest BCUT2D eigenvalue weighted by molar-refractivity contribution is 0.674. The van der Waals surface area contributed by atoms with Crippen LogP contribution in [0.4, 0.5) is 0 Å². The Morgan fingerprint density at radius 3 is 2.12 bits per heavy atom. The maximum absolute atomic E-state index is 8.54. The second-order valence-electron chi connectivity index (χ2n) is 11.0. The second kappa shape index (κ2) is 9.68. The van der Waals surface area contributed by atoms with Crippen LogP contribution in [-0.2, 0) is 0 Å². The molecule has 0 saturated heterocycles. The van der Waals surface area contributed by atoms with E-state index >= 15 is 0 Å². The summed E-state index contributed by atoms with van der Waals surface area (Å²) in [6, 6.07) is 33.4. The Labute approximate surface area is 263 Å². The van der Waals surface area contributed by atoms with Crippen LogP contribution >= 0.6 is 0 Å². The van der Waals surface area contributed by atoms with Gasteiger partial charge in [-0.25, -0.2) is 0 Å². The molecule has 0 aliphatic rings. The van der Waals surface area contributed by atoms with Gasteiger partial charge in [0, 0.05) is 40.3 Å². The Kier molecular flexibility index (Phi) is 3.98. The molecule has 8 rings (SSSR count). The molecule has 0 unspecified atom stereocenters. The van der Waals surface area contributed by atoms with Crippen LogP contribution in [0.5, 0.6) is 0 Å². The zero-order valence-corrected chi connectivity index (χ0v) is 23.3. The quantitative estimate of drug-likeness (QED) is 0.200. The first-order valence-electron chi connectivity index (χ1n) is 18.6. The number of fused-ring (bicyclic) bond motifs is 7. The summed E-state index contributed by atoms with van der Waals surface area (Å²) in [7, 11) is 0. The highest BCUT2D eigenvalue weighted by atomic mass is 16.3. The van der Waals surface area contributed by atoms with Crippen molar-refractivity contribution in [1.29, 1.82) is 0 Å². The van der Waals surface area contributed by atoms with Gasteiger partial charge in [-0.15, -0.1) is 0 Å². The number of rotatable bonds is 3. The van der Waals surface area contributed by atoms with E-state index in [1.165, 1.54) is 24.4 Å². The van der Waals surface area contributed by atoms with Gasteiger partial charge in [-0.05, 0) is 101 Å². The molecular formula is C41H31NO. The summed E-state index contributed by atoms with van der Waals surface area (Å²) in [4.78, 5) is 4.60. The third kappa shape index (κ3) is 4.06. The second-order valence-corrected chi connectivity index (χ2v) is 11.0. The lowest BCUT2D eigenvalue weighted by atomic mass is 9.90. The number of benzene rings is 6. The van der Waals surface area contributed by atoms with Crippen molar-refractivity contribution in [2.24, 2.45) is 0 Å². The average molecular weight is 563 g/mol. The first-order chi connectivity index (χ1) is 24.6. The van der Waals surface area contributed by atoms with Crippen LogP contribution in [0.15, 0.2) is 120 Å². The lowest BCUT2D eigenvalue weighted by Gasteiger charge is -2.16. The highest BCUT2D eigenvalue weighted by Crippen LogP contribution is 2.41. The number of nitrogens with zero attached hydrogens (tertiary/aromatic N) is 1. The maximum atomic E-state index is 8.54. The van der Waals surface area contributed by atoms with E-state index in [9.17, 15) is 0 Å². The van der Waals surface area contributed by atoms with Crippen LogP contribution in [0.2, 0.25) is 0 Å². The first-order valence-corrected chi connectivity index (χ1v) is 14.1. The van der Waals surface area contributed by atoms with Gasteiger partial charge in [0.2, 0.25) is 0 Å². The molecule has 2 heterocycles. The van der Waals surface area contributed by atoms with Crippen LogP contribution in [0.25, 0.3) is 77.0 Å². The summed E-state index contributed by atoms with van der Waals surface area (Å²) in [5.41, 5.74) is 3.49. The van der Waals surface area contributed by atoms with Crippen molar-refractivity contribution in [2.75, 3.05) is 0 Å². The summed E-state index contributed by atoms with van der Waals surface area (Å²) in [6.45, 7) is -6.17. The molecule has 0 radical (unpaired) electrons. The monoisotopic (exact) mass is 562 g/mol. The topological polar surface area (TPSA) is 26.0 Å². The number of para-hydroxylation sites is 1. The fourth-order valence-electron chi connectivity index (χ4n) is 6.17. The molecule has 2 heteroatoms. The van der Waals surface area contributed by atoms with Crippen LogP contribution < -0.4 is 0 Å². The molecule has 0 bridgehead atoms. The van der Waals surface area contributed by atoms with E-state index < -0.39 is 20.6 Å². The molecule has 0 amide bonds. The molecule has 0 aliphatic heterocycles. The molecule has 0 N–H and O–H groups in total. The van der Waals surface area contributed by atoms with Gasteiger partial charge in [-0.2, -0.15) is 0 Å². The summed E-state index contributed by atoms with van der Waals surface area (Å²) < 4.78 is 82.9. The molecule has 2 aromatic heterocycles. The number of hydrogen-bond acceptors (Lipinski definition) is 2. The van der Waals surface area contributed by atoms with Crippen molar-refractivity contribution in [2.45, 2.75) is 27.5 Å². The summed E-state index contributed by atoms with van der Waals surface area (Å²) in [5.74, 6) is 0. The van der Waals surface area contributed by atoms with Gasteiger partial charge in [0.05, 0.1) is 5.69 Å². The Morgan fingerprint density at radius 2 is 1.26 bits per heavy atom. The fourth-order valence-corrected chi connectivity index (χ4v) is 6.17. The van der Waals surface area contributed by atoms with E-state index in [1.807, 2.05) is 55.5 Å². The fraction of sp³-hybridized carbons (Fsp3) is 0.0976. The van der Waals surface area contributed by atoms with Gasteiger partial charge < -0.3 is 4.42 Å². The normalized spacial score (nSPS) is 15.7. The Balaban J connectivity index is 1.41. The van der Waals surface area contributed by atoms with Gasteiger partial charge in [0.15, 0.2) is 0 Å². The van der Waals surface area contributed by atoms with Crippen LogP contribution in [0, 0.1) is 27.5 Å². The molecule has 206 valence electrons. The van der Waals surface area contributed by atoms with Crippen LogP contribution in [-0.4, -0.2) is 4.98 Å². The average Bonchev–Trinajstić information content (AvgIpc) is 3.49. The van der Waals surface area contributed by atoms with E-state index in [-0.39, 0.29) is 33.4 Å². The van der Waals surface area contributed by atoms with Crippen LogP contribution in [0.3, 0.4) is 0 Å². The van der Waals surface area contributed by atoms with Gasteiger partial charge in [0.1, 0.15) is 11.2 Å². The van der Waals surface area contributed by atoms with Crippen LogP contribution in [0.1, 0.15) is 34.6 Å². The predicted octanol–water partition coefficient (Wildman–Crippen LogP) is 11.5. The van der Waals surface area contributed by atoms with Crippen molar-refractivity contribution in [3.05, 3.63) is 138 Å². The molecular weight excluding hydrogens is 522 g/mol. The standard InChI is InChI=1S/C41H31NO/c1-24-12-14-29(15-13-24)35-20-26(3)36(21-25(35)2)37-22-38(42-23-27(37)4)34-11-7-10-32-33-19-18-30-17-16-28-8-5-6-9-31(28)39(30)41(33)43-40(32)34/h5-23H,1-4H3/i2D3,3D3,4D3. The number of aryl methyl sites for hydroxylation is 4. The Hall–Kier alpha value is -5.21. The number of aromatic nitrogens is 1. The predicted molar refractivity (Wildman–Crippen MR) is 182 cm³/mol. The lowest BCUT2D eigenvalue weighted by Crippen LogP contribution is -1.94. The third-order valence-electron chi connectivity index (χ3n) is 8.36. The van der Waals surface area contributed by atoms with E-state index in [0.29, 0.717) is 28.0 Å². The highest BCUT2D eigenvalue weighted by Gasteiger charge is 2.18. The highest BCUT2D eigenvalue weighted by molar-refractivity contribution is 6.23. The SMILES string of the molecule is [2H]C([2H])([2H])c1cc(-c2cc(-c3cccc4c3oc3c4ccc4ccc5ccccc5c43)ncc2C([2H])([2H])[2H])c(C([2H])([2H])[2H])cc1-c1ccc(C)cc1. The zero-order valence-electron chi connectivity index (χ0n) is 32.3. The first kappa shape index (κ1) is 17.7. The number of pyridine rings is 1. The minimum absolute atomic E-state index is 0.00833.